The number of fused-ring (bicyclic) bond motifs is 12. The molecular weight excluding hydrogens is 915 g/mol. The van der Waals surface area contributed by atoms with Crippen LogP contribution in [0.5, 0.6) is 0 Å². The molecular formula is C75H47N. The maximum Gasteiger partial charge on any atom is 0.0715 e. The Morgan fingerprint density at radius 1 is 0.224 bits per heavy atom. The van der Waals surface area contributed by atoms with E-state index in [0.29, 0.717) is 0 Å². The van der Waals surface area contributed by atoms with Crippen LogP contribution in [0.2, 0.25) is 0 Å². The Labute approximate surface area is 440 Å². The fraction of sp³-hybridized carbons (Fsp3) is 0.0267. The van der Waals surface area contributed by atoms with Crippen molar-refractivity contribution in [2.45, 2.75) is 13.8 Å². The van der Waals surface area contributed by atoms with E-state index in [1.165, 1.54) is 136 Å². The fourth-order valence-electron chi connectivity index (χ4n) is 12.7. The minimum atomic E-state index is 0.961. The molecule has 352 valence electrons. The number of rotatable bonds is 5. The SMILES string of the molecule is CC#CC.c1ccc(-c2cc(-c3ccc4cc5c6c(-c7ccc8ccccc8c7)c7c(cc8c9ccccc9c9cccc7c98)c(-c7ccc8ccccc8c7)c6c6cccc(c4c3)c65)cc(-c3ccccc3)n2)cc1. The van der Waals surface area contributed by atoms with Crippen LogP contribution in [0.1, 0.15) is 13.8 Å². The molecule has 76 heavy (non-hydrogen) atoms. The Hall–Kier alpha value is -9.87. The van der Waals surface area contributed by atoms with E-state index >= 15 is 0 Å². The topological polar surface area (TPSA) is 12.9 Å². The quantitative estimate of drug-likeness (QED) is 0.124. The first-order valence-corrected chi connectivity index (χ1v) is 26.3. The van der Waals surface area contributed by atoms with Gasteiger partial charge in [-0.25, -0.2) is 4.98 Å². The smallest absolute Gasteiger partial charge is 0.0715 e. The first-order valence-electron chi connectivity index (χ1n) is 26.3. The molecule has 0 saturated carbocycles. The van der Waals surface area contributed by atoms with E-state index in [-0.39, 0.29) is 0 Å². The molecule has 15 aromatic carbocycles. The van der Waals surface area contributed by atoms with Gasteiger partial charge in [-0.2, -0.15) is 0 Å². The van der Waals surface area contributed by atoms with Crippen LogP contribution >= 0.6 is 0 Å². The summed E-state index contributed by atoms with van der Waals surface area (Å²) in [5, 5.41) is 25.6. The number of nitrogens with zero attached hydrogens (tertiary/aromatic N) is 1. The molecule has 16 aromatic rings. The second-order valence-electron chi connectivity index (χ2n) is 20.2. The van der Waals surface area contributed by atoms with E-state index in [4.69, 9.17) is 4.98 Å². The highest BCUT2D eigenvalue weighted by atomic mass is 14.7. The maximum absolute atomic E-state index is 5.23. The van der Waals surface area contributed by atoms with Gasteiger partial charge in [-0.05, 0) is 197 Å². The van der Waals surface area contributed by atoms with Crippen LogP contribution in [0.3, 0.4) is 0 Å². The third-order valence-corrected chi connectivity index (χ3v) is 16.1. The maximum atomic E-state index is 5.23. The van der Waals surface area contributed by atoms with E-state index in [1.54, 1.807) is 0 Å². The third kappa shape index (κ3) is 6.71. The van der Waals surface area contributed by atoms with Crippen molar-refractivity contribution in [3.8, 4) is 67.7 Å². The highest BCUT2D eigenvalue weighted by Gasteiger charge is 2.27. The largest absolute Gasteiger partial charge is 0.248 e. The molecule has 0 saturated heterocycles. The zero-order valence-corrected chi connectivity index (χ0v) is 42.1. The Bertz CT molecular complexity index is 4990. The van der Waals surface area contributed by atoms with Gasteiger partial charge in [0, 0.05) is 11.1 Å². The van der Waals surface area contributed by atoms with Crippen LogP contribution in [-0.2, 0) is 0 Å². The lowest BCUT2D eigenvalue weighted by Gasteiger charge is -2.19. The van der Waals surface area contributed by atoms with Crippen molar-refractivity contribution < 1.29 is 0 Å². The van der Waals surface area contributed by atoms with Gasteiger partial charge in [0.25, 0.3) is 0 Å². The van der Waals surface area contributed by atoms with Crippen LogP contribution in [-0.4, -0.2) is 4.98 Å². The van der Waals surface area contributed by atoms with Gasteiger partial charge in [0.1, 0.15) is 0 Å². The monoisotopic (exact) mass is 961 g/mol. The molecule has 0 fully saturated rings. The van der Waals surface area contributed by atoms with E-state index in [0.717, 1.165) is 28.1 Å². The van der Waals surface area contributed by atoms with Gasteiger partial charge in [0.15, 0.2) is 0 Å². The number of aromatic nitrogens is 1. The highest BCUT2D eigenvalue weighted by Crippen LogP contribution is 2.56. The standard InChI is InChI=1S/C71H41N.C4H6/c1-3-17-44(18-4-1)63-39-52(40-64(72-63)45-19-5-2-6-20-45)48-31-32-49-38-61-68-56(59(49)37-48)26-14-28-58(68)70-65(50-33-29-42-15-7-9-21-46(42)35-50)62-41-60-54-24-12-11-23-53(54)55-25-13-27-57(67(55)60)69(62)66(71(61)70)51-34-30-43-16-8-10-22-47(43)36-51;1-3-4-2/h1-41H;1-2H3. The Morgan fingerprint density at radius 2 is 0.684 bits per heavy atom. The third-order valence-electron chi connectivity index (χ3n) is 16.1. The first-order chi connectivity index (χ1) is 37.6. The lowest BCUT2D eigenvalue weighted by atomic mass is 9.83. The summed E-state index contributed by atoms with van der Waals surface area (Å²) in [4.78, 5) is 5.23. The molecule has 16 rings (SSSR count). The Kier molecular flexibility index (Phi) is 9.99. The van der Waals surface area contributed by atoms with Gasteiger partial charge in [-0.3, -0.25) is 0 Å². The van der Waals surface area contributed by atoms with Crippen LogP contribution in [0, 0.1) is 11.8 Å². The summed E-state index contributed by atoms with van der Waals surface area (Å²) in [6.07, 6.45) is 0. The molecule has 1 nitrogen and oxygen atoms in total. The van der Waals surface area contributed by atoms with Crippen LogP contribution in [0.15, 0.2) is 249 Å². The van der Waals surface area contributed by atoms with Crippen LogP contribution in [0.25, 0.3) is 164 Å². The van der Waals surface area contributed by atoms with E-state index in [1.807, 2.05) is 13.8 Å². The Morgan fingerprint density at radius 3 is 1.30 bits per heavy atom. The molecule has 1 heterocycles. The van der Waals surface area contributed by atoms with Gasteiger partial charge in [-0.15, -0.1) is 11.8 Å². The van der Waals surface area contributed by atoms with Gasteiger partial charge in [0.2, 0.25) is 0 Å². The number of pyridine rings is 1. The highest BCUT2D eigenvalue weighted by molar-refractivity contribution is 6.46. The van der Waals surface area contributed by atoms with Crippen molar-refractivity contribution in [2.75, 3.05) is 0 Å². The summed E-state index contributed by atoms with van der Waals surface area (Å²) in [5.74, 6) is 5.36. The van der Waals surface area contributed by atoms with Crippen molar-refractivity contribution in [1.82, 2.24) is 4.98 Å². The number of hydrogen-bond acceptors (Lipinski definition) is 1. The van der Waals surface area contributed by atoms with Gasteiger partial charge >= 0.3 is 0 Å². The summed E-state index contributed by atoms with van der Waals surface area (Å²) in [6, 6.07) is 92.7. The van der Waals surface area contributed by atoms with Crippen molar-refractivity contribution in [1.29, 1.82) is 0 Å². The van der Waals surface area contributed by atoms with Gasteiger partial charge in [-0.1, -0.05) is 206 Å². The molecule has 1 heteroatoms. The summed E-state index contributed by atoms with van der Waals surface area (Å²) in [7, 11) is 0. The molecule has 0 aliphatic heterocycles. The molecule has 0 spiro atoms. The summed E-state index contributed by atoms with van der Waals surface area (Å²) >= 11 is 0. The van der Waals surface area contributed by atoms with Crippen molar-refractivity contribution in [3.05, 3.63) is 249 Å². The minimum absolute atomic E-state index is 0.961. The van der Waals surface area contributed by atoms with Crippen molar-refractivity contribution >= 4 is 108 Å². The lowest BCUT2D eigenvalue weighted by molar-refractivity contribution is 1.32. The van der Waals surface area contributed by atoms with Crippen LogP contribution < -0.4 is 0 Å². The molecule has 0 radical (unpaired) electrons. The summed E-state index contributed by atoms with van der Waals surface area (Å²) in [6.45, 7) is 3.64. The predicted octanol–water partition coefficient (Wildman–Crippen LogP) is 20.9. The van der Waals surface area contributed by atoms with E-state index in [9.17, 15) is 0 Å². The number of benzene rings is 13. The molecule has 0 amide bonds. The zero-order valence-electron chi connectivity index (χ0n) is 42.1. The average Bonchev–Trinajstić information content (AvgIpc) is 4.02. The molecule has 0 N–H and O–H groups in total. The van der Waals surface area contributed by atoms with Gasteiger partial charge < -0.3 is 0 Å². The minimum Gasteiger partial charge on any atom is -0.248 e. The normalized spacial score (nSPS) is 11.7. The average molecular weight is 962 g/mol. The zero-order chi connectivity index (χ0) is 50.4. The lowest BCUT2D eigenvalue weighted by Crippen LogP contribution is -1.92. The molecule has 0 bridgehead atoms. The first kappa shape index (κ1) is 43.7. The van der Waals surface area contributed by atoms with Crippen LogP contribution in [0.4, 0.5) is 0 Å². The molecule has 1 aromatic heterocycles. The Balaban J connectivity index is 0.00000123. The molecule has 0 aliphatic rings. The van der Waals surface area contributed by atoms with Gasteiger partial charge in [0.05, 0.1) is 11.4 Å². The van der Waals surface area contributed by atoms with E-state index < -0.39 is 0 Å². The predicted molar refractivity (Wildman–Crippen MR) is 328 cm³/mol. The molecule has 0 unspecified atom stereocenters. The summed E-state index contributed by atoms with van der Waals surface area (Å²) < 4.78 is 0. The number of hydrogen-bond donors (Lipinski definition) is 0. The van der Waals surface area contributed by atoms with Crippen molar-refractivity contribution in [2.24, 2.45) is 0 Å². The van der Waals surface area contributed by atoms with Crippen molar-refractivity contribution in [3.63, 3.8) is 0 Å². The fourth-order valence-corrected chi connectivity index (χ4v) is 12.7. The molecule has 0 aliphatic carbocycles. The van der Waals surface area contributed by atoms with E-state index in [2.05, 4.69) is 261 Å². The second-order valence-corrected chi connectivity index (χ2v) is 20.2. The second kappa shape index (κ2) is 17.4. The molecule has 0 atom stereocenters. The summed E-state index contributed by atoms with van der Waals surface area (Å²) in [5.41, 5.74) is 11.5.